The molecule has 0 saturated carbocycles. The molecule has 1 fully saturated rings. The fourth-order valence-corrected chi connectivity index (χ4v) is 3.15. The minimum atomic E-state index is -4.35. The number of amides is 1. The molecular weight excluding hydrogens is 371 g/mol. The van der Waals surface area contributed by atoms with Gasteiger partial charge < -0.3 is 9.88 Å². The Morgan fingerprint density at radius 2 is 1.79 bits per heavy atom. The SMILES string of the molecule is CC(C)(C)NC(=O)O[N+]1(Cc2ccn(-c3ccc(C(F)(F)F)cc3)c2)CCC1. The zero-order valence-electron chi connectivity index (χ0n) is 16.2. The Bertz CT molecular complexity index is 832. The third kappa shape index (κ3) is 4.86. The molecule has 2 heterocycles. The molecule has 1 aromatic carbocycles. The van der Waals surface area contributed by atoms with Gasteiger partial charge >= 0.3 is 12.3 Å². The van der Waals surface area contributed by atoms with E-state index in [9.17, 15) is 18.0 Å². The molecule has 0 spiro atoms. The third-order valence-corrected chi connectivity index (χ3v) is 4.60. The maximum absolute atomic E-state index is 12.7. The van der Waals surface area contributed by atoms with Gasteiger partial charge in [-0.1, -0.05) is 0 Å². The highest BCUT2D eigenvalue weighted by atomic mass is 19.4. The van der Waals surface area contributed by atoms with Crippen molar-refractivity contribution in [3.63, 3.8) is 0 Å². The quantitative estimate of drug-likeness (QED) is 0.764. The molecule has 0 atom stereocenters. The van der Waals surface area contributed by atoms with Crippen LogP contribution in [0.5, 0.6) is 0 Å². The summed E-state index contributed by atoms with van der Waals surface area (Å²) in [5.74, 6) is 0. The molecule has 1 aliphatic heterocycles. The van der Waals surface area contributed by atoms with Gasteiger partial charge in [0.2, 0.25) is 0 Å². The van der Waals surface area contributed by atoms with Gasteiger partial charge in [-0.2, -0.15) is 13.2 Å². The molecular formula is C20H25F3N3O2+. The number of nitrogens with one attached hydrogen (secondary N) is 1. The van der Waals surface area contributed by atoms with E-state index in [4.69, 9.17) is 4.84 Å². The third-order valence-electron chi connectivity index (χ3n) is 4.60. The second kappa shape index (κ2) is 7.16. The molecule has 1 N–H and O–H groups in total. The lowest BCUT2D eigenvalue weighted by Crippen LogP contribution is -2.60. The molecule has 2 aromatic rings. The number of quaternary nitrogens is 1. The van der Waals surface area contributed by atoms with Crippen molar-refractivity contribution in [2.24, 2.45) is 0 Å². The number of nitrogens with zero attached hydrogens (tertiary/aromatic N) is 2. The maximum atomic E-state index is 12.7. The number of rotatable bonds is 4. The molecule has 1 saturated heterocycles. The fraction of sp³-hybridized carbons (Fsp3) is 0.450. The summed E-state index contributed by atoms with van der Waals surface area (Å²) in [5, 5.41) is 2.80. The van der Waals surface area contributed by atoms with Crippen molar-refractivity contribution in [2.45, 2.75) is 45.5 Å². The van der Waals surface area contributed by atoms with Crippen molar-refractivity contribution in [1.82, 2.24) is 9.88 Å². The Hall–Kier alpha value is -2.48. The van der Waals surface area contributed by atoms with Crippen molar-refractivity contribution >= 4 is 6.09 Å². The molecule has 1 aromatic heterocycles. The fourth-order valence-electron chi connectivity index (χ4n) is 3.15. The lowest BCUT2D eigenvalue weighted by Gasteiger charge is -2.41. The van der Waals surface area contributed by atoms with Crippen LogP contribution in [0.15, 0.2) is 42.7 Å². The van der Waals surface area contributed by atoms with E-state index in [1.807, 2.05) is 33.0 Å². The topological polar surface area (TPSA) is 43.3 Å². The van der Waals surface area contributed by atoms with Crippen LogP contribution in [0.25, 0.3) is 5.69 Å². The molecule has 0 bridgehead atoms. The van der Waals surface area contributed by atoms with Crippen LogP contribution in [0.1, 0.15) is 38.3 Å². The Morgan fingerprint density at radius 3 is 2.29 bits per heavy atom. The number of hydroxylamine groups is 3. The number of likely N-dealkylation sites (tertiary alicyclic amines) is 1. The van der Waals surface area contributed by atoms with E-state index in [1.54, 1.807) is 10.8 Å². The highest BCUT2D eigenvalue weighted by Gasteiger charge is 2.42. The van der Waals surface area contributed by atoms with E-state index in [1.165, 1.54) is 12.1 Å². The van der Waals surface area contributed by atoms with E-state index in [-0.39, 0.29) is 10.2 Å². The van der Waals surface area contributed by atoms with Crippen molar-refractivity contribution in [3.05, 3.63) is 53.9 Å². The molecule has 28 heavy (non-hydrogen) atoms. The highest BCUT2D eigenvalue weighted by molar-refractivity contribution is 5.67. The van der Waals surface area contributed by atoms with Crippen LogP contribution in [-0.2, 0) is 17.6 Å². The minimum Gasteiger partial charge on any atom is -0.323 e. The number of carbonyl (C=O) groups excluding carboxylic acids is 1. The first-order chi connectivity index (χ1) is 13.0. The van der Waals surface area contributed by atoms with Gasteiger partial charge in [0, 0.05) is 29.2 Å². The van der Waals surface area contributed by atoms with Gasteiger partial charge in [-0.15, -0.1) is 4.65 Å². The summed E-state index contributed by atoms with van der Waals surface area (Å²) >= 11 is 0. The zero-order chi connectivity index (χ0) is 20.6. The van der Waals surface area contributed by atoms with E-state index >= 15 is 0 Å². The summed E-state index contributed by atoms with van der Waals surface area (Å²) in [6.45, 7) is 7.66. The molecule has 1 amide bonds. The summed E-state index contributed by atoms with van der Waals surface area (Å²) in [6.07, 6.45) is -0.175. The molecule has 0 aliphatic carbocycles. The monoisotopic (exact) mass is 396 g/mol. The second-order valence-corrected chi connectivity index (χ2v) is 8.24. The van der Waals surface area contributed by atoms with Gasteiger partial charge in [-0.25, -0.2) is 4.79 Å². The van der Waals surface area contributed by atoms with Gasteiger partial charge in [-0.05, 0) is 51.1 Å². The number of carbonyl (C=O) groups is 1. The van der Waals surface area contributed by atoms with Crippen LogP contribution in [0.3, 0.4) is 0 Å². The standard InChI is InChI=1S/C20H24F3N3O2/c1-19(2,3)24-18(27)28-26(11-4-12-26)14-15-9-10-25(13-15)17-7-5-16(6-8-17)20(21,22)23/h5-10,13H,4,11-12,14H2,1-3H3/p+1. The average Bonchev–Trinajstić information content (AvgIpc) is 2.98. The maximum Gasteiger partial charge on any atom is 0.462 e. The predicted molar refractivity (Wildman–Crippen MR) is 98.5 cm³/mol. The Morgan fingerprint density at radius 1 is 1.14 bits per heavy atom. The molecule has 3 rings (SSSR count). The van der Waals surface area contributed by atoms with Crippen LogP contribution >= 0.6 is 0 Å². The first-order valence-corrected chi connectivity index (χ1v) is 9.18. The van der Waals surface area contributed by atoms with Gasteiger partial charge in [0.05, 0.1) is 12.0 Å². The van der Waals surface area contributed by atoms with Crippen molar-refractivity contribution < 1.29 is 27.4 Å². The number of halogens is 3. The van der Waals surface area contributed by atoms with E-state index in [2.05, 4.69) is 5.32 Å². The van der Waals surface area contributed by atoms with Gasteiger partial charge in [0.25, 0.3) is 0 Å². The Kier molecular flexibility index (Phi) is 5.18. The normalized spacial score (nSPS) is 16.4. The first-order valence-electron chi connectivity index (χ1n) is 9.18. The van der Waals surface area contributed by atoms with Crippen LogP contribution < -0.4 is 5.32 Å². The highest BCUT2D eigenvalue weighted by Crippen LogP contribution is 2.30. The lowest BCUT2D eigenvalue weighted by molar-refractivity contribution is -1.13. The first kappa shape index (κ1) is 20.3. The van der Waals surface area contributed by atoms with Gasteiger partial charge in [0.15, 0.2) is 0 Å². The summed E-state index contributed by atoms with van der Waals surface area (Å²) in [7, 11) is 0. The molecule has 0 unspecified atom stereocenters. The van der Waals surface area contributed by atoms with Gasteiger partial charge in [0.1, 0.15) is 19.6 Å². The molecule has 8 heteroatoms. The summed E-state index contributed by atoms with van der Waals surface area (Å²) in [6, 6.07) is 6.90. The number of hydrogen-bond donors (Lipinski definition) is 1. The number of hydrogen-bond acceptors (Lipinski definition) is 2. The Balaban J connectivity index is 1.69. The van der Waals surface area contributed by atoms with Crippen LogP contribution in [0, 0.1) is 0 Å². The summed E-state index contributed by atoms with van der Waals surface area (Å²) in [5.41, 5.74) is 0.536. The van der Waals surface area contributed by atoms with Crippen LogP contribution in [0.4, 0.5) is 18.0 Å². The Labute approximate surface area is 162 Å². The van der Waals surface area contributed by atoms with Crippen molar-refractivity contribution in [1.29, 1.82) is 0 Å². The number of benzene rings is 1. The van der Waals surface area contributed by atoms with Crippen LogP contribution in [-0.4, -0.2) is 33.9 Å². The molecule has 5 nitrogen and oxygen atoms in total. The number of alkyl halides is 3. The zero-order valence-corrected chi connectivity index (χ0v) is 16.2. The smallest absolute Gasteiger partial charge is 0.323 e. The molecule has 0 radical (unpaired) electrons. The minimum absolute atomic E-state index is 0.221. The molecule has 152 valence electrons. The summed E-state index contributed by atoms with van der Waals surface area (Å²) < 4.78 is 40.1. The summed E-state index contributed by atoms with van der Waals surface area (Å²) in [4.78, 5) is 17.8. The van der Waals surface area contributed by atoms with E-state index < -0.39 is 17.8 Å². The van der Waals surface area contributed by atoms with Crippen molar-refractivity contribution in [2.75, 3.05) is 13.1 Å². The van der Waals surface area contributed by atoms with Gasteiger partial charge in [-0.3, -0.25) is 4.84 Å². The van der Waals surface area contributed by atoms with Crippen LogP contribution in [0.2, 0.25) is 0 Å². The molecule has 1 aliphatic rings. The average molecular weight is 396 g/mol. The predicted octanol–water partition coefficient (Wildman–Crippen LogP) is 4.66. The lowest BCUT2D eigenvalue weighted by atomic mass is 10.1. The van der Waals surface area contributed by atoms with E-state index in [0.717, 1.165) is 37.2 Å². The number of aromatic nitrogens is 1. The largest absolute Gasteiger partial charge is 0.462 e. The second-order valence-electron chi connectivity index (χ2n) is 8.24. The van der Waals surface area contributed by atoms with Crippen molar-refractivity contribution in [3.8, 4) is 5.69 Å². The van der Waals surface area contributed by atoms with E-state index in [0.29, 0.717) is 12.2 Å².